The van der Waals surface area contributed by atoms with E-state index in [1.54, 1.807) is 11.3 Å². The molecule has 2 heterocycles. The molecule has 0 radical (unpaired) electrons. The van der Waals surface area contributed by atoms with Crippen LogP contribution in [0.5, 0.6) is 0 Å². The summed E-state index contributed by atoms with van der Waals surface area (Å²) in [6, 6.07) is 10.1. The average molecular weight is 270 g/mol. The molecule has 0 aliphatic carbocycles. The highest BCUT2D eigenvalue weighted by atomic mass is 32.1. The highest BCUT2D eigenvalue weighted by Gasteiger charge is 2.43. The van der Waals surface area contributed by atoms with E-state index in [0.717, 1.165) is 29.1 Å². The van der Waals surface area contributed by atoms with Crippen LogP contribution in [-0.4, -0.2) is 18.2 Å². The molecule has 0 bridgehead atoms. The normalized spacial score (nSPS) is 17.8. The van der Waals surface area contributed by atoms with Gasteiger partial charge in [0.1, 0.15) is 0 Å². The minimum Gasteiger partial charge on any atom is -0.381 e. The van der Waals surface area contributed by atoms with Gasteiger partial charge in [-0.05, 0) is 0 Å². The van der Waals surface area contributed by atoms with Crippen LogP contribution in [0.3, 0.4) is 0 Å². The van der Waals surface area contributed by atoms with Crippen LogP contribution < -0.4 is 0 Å². The molecule has 1 aromatic heterocycles. The summed E-state index contributed by atoms with van der Waals surface area (Å²) in [6.07, 6.45) is 1.50. The highest BCUT2D eigenvalue weighted by Crippen LogP contribution is 2.39. The molecule has 0 atom stereocenters. The lowest BCUT2D eigenvalue weighted by Crippen LogP contribution is -2.30. The molecule has 96 valence electrons. The Morgan fingerprint density at radius 2 is 1.95 bits per heavy atom. The van der Waals surface area contributed by atoms with E-state index < -0.39 is 5.54 Å². The number of aromatic nitrogens is 1. The van der Waals surface area contributed by atoms with Crippen LogP contribution in [0.1, 0.15) is 17.8 Å². The molecular weight excluding hydrogens is 256 g/mol. The van der Waals surface area contributed by atoms with Crippen molar-refractivity contribution in [2.45, 2.75) is 18.4 Å². The largest absolute Gasteiger partial charge is 0.381 e. The molecule has 0 amide bonds. The zero-order chi connectivity index (χ0) is 13.1. The molecule has 1 aliphatic heterocycles. The van der Waals surface area contributed by atoms with Gasteiger partial charge in [0, 0.05) is 10.9 Å². The van der Waals surface area contributed by atoms with Gasteiger partial charge < -0.3 is 9.58 Å². The number of hydrogen-bond donors (Lipinski definition) is 0. The molecule has 1 saturated heterocycles. The van der Waals surface area contributed by atoms with Crippen LogP contribution in [0.4, 0.5) is 0 Å². The Balaban J connectivity index is 1.95. The first-order chi connectivity index (χ1) is 9.34. The number of nitrogens with zero attached hydrogens (tertiary/aromatic N) is 2. The first kappa shape index (κ1) is 12.3. The maximum atomic E-state index is 7.53. The van der Waals surface area contributed by atoms with Crippen molar-refractivity contribution in [1.82, 2.24) is 4.98 Å². The minimum atomic E-state index is -0.462. The van der Waals surface area contributed by atoms with E-state index in [9.17, 15) is 0 Å². The smallest absolute Gasteiger partial charge is 0.287 e. The fourth-order valence-corrected chi connectivity index (χ4v) is 3.34. The Morgan fingerprint density at radius 1 is 1.21 bits per heavy atom. The minimum absolute atomic E-state index is 0.462. The lowest BCUT2D eigenvalue weighted by molar-refractivity contribution is 0.0646. The summed E-state index contributed by atoms with van der Waals surface area (Å²) in [6.45, 7) is 8.84. The van der Waals surface area contributed by atoms with E-state index in [2.05, 4.69) is 4.85 Å². The SMILES string of the molecule is [C-]#[N+]C1(c2nc(-c3ccccc3)cs2)CCOCC1. The van der Waals surface area contributed by atoms with E-state index in [0.29, 0.717) is 13.2 Å². The van der Waals surface area contributed by atoms with Gasteiger partial charge in [-0.2, -0.15) is 0 Å². The van der Waals surface area contributed by atoms with Gasteiger partial charge in [-0.15, -0.1) is 11.3 Å². The quantitative estimate of drug-likeness (QED) is 0.777. The van der Waals surface area contributed by atoms with Gasteiger partial charge in [-0.1, -0.05) is 30.3 Å². The molecule has 1 aliphatic rings. The highest BCUT2D eigenvalue weighted by molar-refractivity contribution is 7.10. The van der Waals surface area contributed by atoms with Crippen LogP contribution >= 0.6 is 11.3 Å². The molecule has 0 unspecified atom stereocenters. The third-order valence-corrected chi connectivity index (χ3v) is 4.54. The van der Waals surface area contributed by atoms with Crippen molar-refractivity contribution in [1.29, 1.82) is 0 Å². The molecule has 2 aromatic rings. The summed E-state index contributed by atoms with van der Waals surface area (Å²) in [5.74, 6) is 0. The zero-order valence-electron chi connectivity index (χ0n) is 10.5. The first-order valence-electron chi connectivity index (χ1n) is 6.32. The topological polar surface area (TPSA) is 26.5 Å². The fraction of sp³-hybridized carbons (Fsp3) is 0.333. The van der Waals surface area contributed by atoms with E-state index in [1.807, 2.05) is 35.7 Å². The van der Waals surface area contributed by atoms with Crippen molar-refractivity contribution in [2.24, 2.45) is 0 Å². The maximum Gasteiger partial charge on any atom is 0.287 e. The molecule has 3 nitrogen and oxygen atoms in total. The van der Waals surface area contributed by atoms with Crippen molar-refractivity contribution in [3.63, 3.8) is 0 Å². The van der Waals surface area contributed by atoms with Crippen LogP contribution in [-0.2, 0) is 10.3 Å². The van der Waals surface area contributed by atoms with Crippen molar-refractivity contribution >= 4 is 11.3 Å². The Hall–Kier alpha value is -1.70. The van der Waals surface area contributed by atoms with Crippen molar-refractivity contribution in [3.05, 3.63) is 52.1 Å². The second-order valence-electron chi connectivity index (χ2n) is 4.66. The van der Waals surface area contributed by atoms with Crippen LogP contribution in [0.2, 0.25) is 0 Å². The van der Waals surface area contributed by atoms with E-state index in [1.165, 1.54) is 0 Å². The van der Waals surface area contributed by atoms with Gasteiger partial charge in [0.2, 0.25) is 0 Å². The third kappa shape index (κ3) is 2.27. The zero-order valence-corrected chi connectivity index (χ0v) is 11.3. The lowest BCUT2D eigenvalue weighted by atomic mass is 9.92. The predicted octanol–water partition coefficient (Wildman–Crippen LogP) is 3.74. The van der Waals surface area contributed by atoms with E-state index in [4.69, 9.17) is 16.3 Å². The van der Waals surface area contributed by atoms with E-state index >= 15 is 0 Å². The number of rotatable bonds is 2. The van der Waals surface area contributed by atoms with Crippen molar-refractivity contribution < 1.29 is 4.74 Å². The Morgan fingerprint density at radius 3 is 2.63 bits per heavy atom. The molecule has 1 fully saturated rings. The van der Waals surface area contributed by atoms with Crippen LogP contribution in [0.25, 0.3) is 16.1 Å². The summed E-state index contributed by atoms with van der Waals surface area (Å²) < 4.78 is 5.37. The number of thiazole rings is 1. The molecule has 1 aromatic carbocycles. The summed E-state index contributed by atoms with van der Waals surface area (Å²) in [5.41, 5.74) is 1.61. The third-order valence-electron chi connectivity index (χ3n) is 3.51. The van der Waals surface area contributed by atoms with Gasteiger partial charge in [0.05, 0.1) is 31.7 Å². The van der Waals surface area contributed by atoms with Gasteiger partial charge >= 0.3 is 0 Å². The molecule has 4 heteroatoms. The Kier molecular flexibility index (Phi) is 3.33. The van der Waals surface area contributed by atoms with Gasteiger partial charge in [0.15, 0.2) is 5.01 Å². The monoisotopic (exact) mass is 270 g/mol. The standard InChI is InChI=1S/C15H14N2OS/c1-16-15(7-9-18-10-8-15)14-17-13(11-19-14)12-5-3-2-4-6-12/h2-6,11H,7-10H2. The van der Waals surface area contributed by atoms with Crippen molar-refractivity contribution in [3.8, 4) is 11.3 Å². The average Bonchev–Trinajstić information content (AvgIpc) is 2.99. The summed E-state index contributed by atoms with van der Waals surface area (Å²) >= 11 is 1.59. The summed E-state index contributed by atoms with van der Waals surface area (Å²) in [5, 5.41) is 2.98. The number of benzene rings is 1. The Bertz CT molecular complexity index is 594. The van der Waals surface area contributed by atoms with Gasteiger partial charge in [-0.25, -0.2) is 11.6 Å². The maximum absolute atomic E-state index is 7.53. The first-order valence-corrected chi connectivity index (χ1v) is 7.20. The lowest BCUT2D eigenvalue weighted by Gasteiger charge is -2.24. The van der Waals surface area contributed by atoms with Crippen LogP contribution in [0, 0.1) is 6.57 Å². The van der Waals surface area contributed by atoms with Gasteiger partial charge in [0.25, 0.3) is 5.54 Å². The van der Waals surface area contributed by atoms with Crippen molar-refractivity contribution in [2.75, 3.05) is 13.2 Å². The molecular formula is C15H14N2OS. The number of ether oxygens (including phenoxy) is 1. The van der Waals surface area contributed by atoms with E-state index in [-0.39, 0.29) is 0 Å². The molecule has 19 heavy (non-hydrogen) atoms. The molecule has 0 saturated carbocycles. The number of hydrogen-bond acceptors (Lipinski definition) is 3. The van der Waals surface area contributed by atoms with Crippen LogP contribution in [0.15, 0.2) is 35.7 Å². The fourth-order valence-electron chi connectivity index (χ4n) is 2.31. The molecule has 0 N–H and O–H groups in total. The molecule has 0 spiro atoms. The second kappa shape index (κ2) is 5.12. The summed E-state index contributed by atoms with van der Waals surface area (Å²) in [4.78, 5) is 8.57. The van der Waals surface area contributed by atoms with Gasteiger partial charge in [-0.3, -0.25) is 0 Å². The second-order valence-corrected chi connectivity index (χ2v) is 5.52. The summed E-state index contributed by atoms with van der Waals surface area (Å²) in [7, 11) is 0. The molecule has 3 rings (SSSR count). The Labute approximate surface area is 116 Å². The predicted molar refractivity (Wildman–Crippen MR) is 75.9 cm³/mol.